The van der Waals surface area contributed by atoms with Crippen LogP contribution in [-0.4, -0.2) is 45.9 Å². The normalized spacial score (nSPS) is 15.4. The second kappa shape index (κ2) is 9.77. The highest BCUT2D eigenvalue weighted by atomic mass is 16.5. The molecule has 2 N–H and O–H groups in total. The van der Waals surface area contributed by atoms with Gasteiger partial charge >= 0.3 is 18.0 Å². The zero-order valence-electron chi connectivity index (χ0n) is 17.7. The number of urea groups is 1. The summed E-state index contributed by atoms with van der Waals surface area (Å²) in [4.78, 5) is 37.6. The molecule has 0 unspecified atom stereocenters. The minimum Gasteiger partial charge on any atom is -0.463 e. The van der Waals surface area contributed by atoms with Crippen LogP contribution in [0.2, 0.25) is 0 Å². The van der Waals surface area contributed by atoms with Gasteiger partial charge in [-0.25, -0.2) is 14.4 Å². The molecular formula is C23H21N5O5. The van der Waals surface area contributed by atoms with Crippen molar-refractivity contribution in [3.8, 4) is 5.69 Å². The van der Waals surface area contributed by atoms with Crippen molar-refractivity contribution in [1.29, 1.82) is 0 Å². The van der Waals surface area contributed by atoms with E-state index in [1.807, 2.05) is 6.07 Å². The van der Waals surface area contributed by atoms with Crippen molar-refractivity contribution in [1.82, 2.24) is 25.4 Å². The third-order valence-corrected chi connectivity index (χ3v) is 4.95. The third kappa shape index (κ3) is 4.90. The molecule has 0 radical (unpaired) electrons. The average Bonchev–Trinajstić information content (AvgIpc) is 3.38. The first kappa shape index (κ1) is 21.8. The third-order valence-electron chi connectivity index (χ3n) is 4.95. The van der Waals surface area contributed by atoms with E-state index in [-0.39, 0.29) is 24.5 Å². The molecule has 0 bridgehead atoms. The number of carbonyl (C=O) groups excluding carboxylic acids is 3. The van der Waals surface area contributed by atoms with Crippen LogP contribution in [0.3, 0.4) is 0 Å². The summed E-state index contributed by atoms with van der Waals surface area (Å²) in [5.74, 6) is -1.21. The van der Waals surface area contributed by atoms with E-state index in [0.717, 1.165) is 5.69 Å². The van der Waals surface area contributed by atoms with Gasteiger partial charge in [-0.05, 0) is 36.8 Å². The predicted molar refractivity (Wildman–Crippen MR) is 116 cm³/mol. The number of nitrogens with one attached hydrogen (secondary N) is 2. The van der Waals surface area contributed by atoms with Crippen LogP contribution in [0.1, 0.15) is 28.9 Å². The Kier molecular flexibility index (Phi) is 6.44. The number of hydrogen-bond acceptors (Lipinski definition) is 7. The lowest BCUT2D eigenvalue weighted by atomic mass is 9.95. The van der Waals surface area contributed by atoms with Crippen LogP contribution in [0, 0.1) is 0 Å². The highest BCUT2D eigenvalue weighted by molar-refractivity contribution is 5.95. The molecule has 0 spiro atoms. The number of esters is 2. The molecule has 0 saturated carbocycles. The maximum absolute atomic E-state index is 12.7. The fourth-order valence-corrected chi connectivity index (χ4v) is 3.40. The maximum atomic E-state index is 12.7. The average molecular weight is 447 g/mol. The SMILES string of the molecule is CCOC(=O)C1=C(COC(=O)c2ccc(-n3cnnc3)cc2)NC(=O)N[C@@H]1c1ccccc1. The highest BCUT2D eigenvalue weighted by Crippen LogP contribution is 2.28. The van der Waals surface area contributed by atoms with Gasteiger partial charge in [0.25, 0.3) is 0 Å². The highest BCUT2D eigenvalue weighted by Gasteiger charge is 2.34. The van der Waals surface area contributed by atoms with Crippen molar-refractivity contribution < 1.29 is 23.9 Å². The molecule has 10 heteroatoms. The summed E-state index contributed by atoms with van der Waals surface area (Å²) in [5.41, 5.74) is 2.13. The smallest absolute Gasteiger partial charge is 0.338 e. The maximum Gasteiger partial charge on any atom is 0.338 e. The molecule has 10 nitrogen and oxygen atoms in total. The quantitative estimate of drug-likeness (QED) is 0.533. The first-order chi connectivity index (χ1) is 16.1. The van der Waals surface area contributed by atoms with E-state index in [4.69, 9.17) is 9.47 Å². The van der Waals surface area contributed by atoms with Crippen LogP contribution >= 0.6 is 0 Å². The summed E-state index contributed by atoms with van der Waals surface area (Å²) >= 11 is 0. The standard InChI is InChI=1S/C23H21N5O5/c1-2-32-22(30)19-18(26-23(31)27-20(19)15-6-4-3-5-7-15)12-33-21(29)16-8-10-17(11-9-16)28-13-24-25-14-28/h3-11,13-14,20H,2,12H2,1H3,(H2,26,27,31)/t20-/m1/s1. The zero-order valence-corrected chi connectivity index (χ0v) is 17.7. The van der Waals surface area contributed by atoms with Gasteiger partial charge in [0.15, 0.2) is 0 Å². The van der Waals surface area contributed by atoms with Gasteiger partial charge in [0.05, 0.1) is 29.5 Å². The van der Waals surface area contributed by atoms with Crippen LogP contribution in [0.5, 0.6) is 0 Å². The molecule has 2 amide bonds. The van der Waals surface area contributed by atoms with Crippen molar-refractivity contribution in [3.63, 3.8) is 0 Å². The fraction of sp³-hybridized carbons (Fsp3) is 0.174. The minimum atomic E-state index is -0.740. The number of rotatable bonds is 7. The van der Waals surface area contributed by atoms with Gasteiger partial charge in [0.2, 0.25) is 0 Å². The lowest BCUT2D eigenvalue weighted by Gasteiger charge is -2.29. The summed E-state index contributed by atoms with van der Waals surface area (Å²) in [6, 6.07) is 14.4. The van der Waals surface area contributed by atoms with Crippen LogP contribution in [0.25, 0.3) is 5.69 Å². The van der Waals surface area contributed by atoms with E-state index in [9.17, 15) is 14.4 Å². The van der Waals surface area contributed by atoms with Gasteiger partial charge in [-0.2, -0.15) is 0 Å². The molecule has 1 aliphatic rings. The van der Waals surface area contributed by atoms with Gasteiger partial charge in [0, 0.05) is 5.69 Å². The fourth-order valence-electron chi connectivity index (χ4n) is 3.40. The Morgan fingerprint density at radius 3 is 2.33 bits per heavy atom. The second-order valence-electron chi connectivity index (χ2n) is 7.05. The molecule has 4 rings (SSSR count). The number of carbonyl (C=O) groups is 3. The Labute approximate surface area is 189 Å². The van der Waals surface area contributed by atoms with Gasteiger partial charge in [-0.3, -0.25) is 4.57 Å². The van der Waals surface area contributed by atoms with Crippen LogP contribution in [0.15, 0.2) is 78.5 Å². The summed E-state index contributed by atoms with van der Waals surface area (Å²) in [5, 5.41) is 12.8. The molecule has 168 valence electrons. The van der Waals surface area contributed by atoms with Crippen LogP contribution < -0.4 is 10.6 Å². The van der Waals surface area contributed by atoms with E-state index in [1.54, 1.807) is 72.7 Å². The first-order valence-corrected chi connectivity index (χ1v) is 10.2. The molecule has 2 heterocycles. The van der Waals surface area contributed by atoms with E-state index in [0.29, 0.717) is 11.1 Å². The molecule has 1 aromatic heterocycles. The van der Waals surface area contributed by atoms with Crippen LogP contribution in [-0.2, 0) is 14.3 Å². The molecule has 3 aromatic rings. The van der Waals surface area contributed by atoms with Gasteiger partial charge in [0.1, 0.15) is 19.3 Å². The summed E-state index contributed by atoms with van der Waals surface area (Å²) in [6.45, 7) is 1.54. The van der Waals surface area contributed by atoms with E-state index < -0.39 is 24.0 Å². The topological polar surface area (TPSA) is 124 Å². The Morgan fingerprint density at radius 2 is 1.67 bits per heavy atom. The summed E-state index contributed by atoms with van der Waals surface area (Å²) in [6.07, 6.45) is 3.08. The minimum absolute atomic E-state index is 0.156. The molecule has 1 aliphatic heterocycles. The summed E-state index contributed by atoms with van der Waals surface area (Å²) in [7, 11) is 0. The Bertz CT molecular complexity index is 1170. The van der Waals surface area contributed by atoms with E-state index in [1.165, 1.54) is 0 Å². The predicted octanol–water partition coefficient (Wildman–Crippen LogP) is 2.30. The lowest BCUT2D eigenvalue weighted by Crippen LogP contribution is -2.47. The summed E-state index contributed by atoms with van der Waals surface area (Å²) < 4.78 is 12.3. The van der Waals surface area contributed by atoms with Crippen molar-refractivity contribution in [3.05, 3.63) is 89.6 Å². The molecular weight excluding hydrogens is 426 g/mol. The van der Waals surface area contributed by atoms with Crippen molar-refractivity contribution in [2.75, 3.05) is 13.2 Å². The number of hydrogen-bond donors (Lipinski definition) is 2. The first-order valence-electron chi connectivity index (χ1n) is 10.2. The molecule has 33 heavy (non-hydrogen) atoms. The number of nitrogens with zero attached hydrogens (tertiary/aromatic N) is 3. The van der Waals surface area contributed by atoms with Gasteiger partial charge in [-0.1, -0.05) is 30.3 Å². The number of ether oxygens (including phenoxy) is 2. The van der Waals surface area contributed by atoms with Crippen molar-refractivity contribution in [2.45, 2.75) is 13.0 Å². The Balaban J connectivity index is 1.56. The van der Waals surface area contributed by atoms with Gasteiger partial charge < -0.3 is 20.1 Å². The molecule has 1 atom stereocenters. The van der Waals surface area contributed by atoms with Crippen LogP contribution in [0.4, 0.5) is 4.79 Å². The van der Waals surface area contributed by atoms with Crippen molar-refractivity contribution in [2.24, 2.45) is 0 Å². The molecule has 0 saturated heterocycles. The number of amides is 2. The Morgan fingerprint density at radius 1 is 0.970 bits per heavy atom. The zero-order chi connectivity index (χ0) is 23.2. The van der Waals surface area contributed by atoms with Crippen molar-refractivity contribution >= 4 is 18.0 Å². The van der Waals surface area contributed by atoms with E-state index in [2.05, 4.69) is 20.8 Å². The second-order valence-corrected chi connectivity index (χ2v) is 7.05. The molecule has 0 fully saturated rings. The monoisotopic (exact) mass is 447 g/mol. The van der Waals surface area contributed by atoms with Gasteiger partial charge in [-0.15, -0.1) is 10.2 Å². The molecule has 2 aromatic carbocycles. The molecule has 0 aliphatic carbocycles. The largest absolute Gasteiger partial charge is 0.463 e. The lowest BCUT2D eigenvalue weighted by molar-refractivity contribution is -0.139. The number of aromatic nitrogens is 3. The number of benzene rings is 2. The van der Waals surface area contributed by atoms with E-state index >= 15 is 0 Å². The Hall–Kier alpha value is -4.47.